The van der Waals surface area contributed by atoms with Crippen molar-refractivity contribution >= 4 is 5.97 Å². The van der Waals surface area contributed by atoms with E-state index < -0.39 is 12.0 Å². The molecule has 112 valence electrons. The standard InChI is InChI=1S/C14H18N4O3/c1-9(2)7-11(14(19)20)16-8-12-17-13(18-21-12)10-5-3-4-6-15-10/h3-6,9,11,16H,7-8H2,1-2H3,(H,19,20). The number of nitrogens with one attached hydrogen (secondary N) is 1. The van der Waals surface area contributed by atoms with Gasteiger partial charge in [0.05, 0.1) is 6.54 Å². The van der Waals surface area contributed by atoms with Crippen LogP contribution in [-0.2, 0) is 11.3 Å². The number of nitrogens with zero attached hydrogens (tertiary/aromatic N) is 3. The fourth-order valence-electron chi connectivity index (χ4n) is 1.88. The normalized spacial score (nSPS) is 12.5. The highest BCUT2D eigenvalue weighted by atomic mass is 16.5. The molecule has 2 aromatic rings. The number of hydrogen-bond donors (Lipinski definition) is 2. The molecule has 2 heterocycles. The number of pyridine rings is 1. The number of aliphatic carboxylic acids is 1. The maximum Gasteiger partial charge on any atom is 0.320 e. The van der Waals surface area contributed by atoms with E-state index >= 15 is 0 Å². The molecule has 0 spiro atoms. The highest BCUT2D eigenvalue weighted by molar-refractivity contribution is 5.73. The molecule has 0 saturated carbocycles. The molecule has 2 N–H and O–H groups in total. The minimum absolute atomic E-state index is 0.212. The largest absolute Gasteiger partial charge is 0.480 e. The Balaban J connectivity index is 1.98. The lowest BCUT2D eigenvalue weighted by Crippen LogP contribution is -2.37. The number of hydrogen-bond acceptors (Lipinski definition) is 6. The van der Waals surface area contributed by atoms with Crippen LogP contribution in [0.3, 0.4) is 0 Å². The summed E-state index contributed by atoms with van der Waals surface area (Å²) in [4.78, 5) is 19.5. The van der Waals surface area contributed by atoms with Gasteiger partial charge in [-0.05, 0) is 24.5 Å². The Morgan fingerprint density at radius 2 is 2.24 bits per heavy atom. The topological polar surface area (TPSA) is 101 Å². The van der Waals surface area contributed by atoms with Gasteiger partial charge in [-0.3, -0.25) is 15.1 Å². The van der Waals surface area contributed by atoms with Crippen molar-refractivity contribution < 1.29 is 14.4 Å². The van der Waals surface area contributed by atoms with E-state index in [0.717, 1.165) is 0 Å². The first-order valence-electron chi connectivity index (χ1n) is 6.76. The van der Waals surface area contributed by atoms with Gasteiger partial charge >= 0.3 is 5.97 Å². The van der Waals surface area contributed by atoms with Gasteiger partial charge in [-0.2, -0.15) is 4.98 Å². The smallest absolute Gasteiger partial charge is 0.320 e. The molecule has 0 aromatic carbocycles. The van der Waals surface area contributed by atoms with Gasteiger partial charge in [0.2, 0.25) is 11.7 Å². The molecule has 7 nitrogen and oxygen atoms in total. The van der Waals surface area contributed by atoms with E-state index in [2.05, 4.69) is 20.4 Å². The molecule has 0 aliphatic carbocycles. The van der Waals surface area contributed by atoms with Crippen LogP contribution in [0.1, 0.15) is 26.2 Å². The fraction of sp³-hybridized carbons (Fsp3) is 0.429. The summed E-state index contributed by atoms with van der Waals surface area (Å²) in [6.45, 7) is 4.16. The Kier molecular flexibility index (Phi) is 4.99. The van der Waals surface area contributed by atoms with E-state index in [1.54, 1.807) is 18.3 Å². The van der Waals surface area contributed by atoms with Gasteiger partial charge in [0.1, 0.15) is 11.7 Å². The first-order chi connectivity index (χ1) is 10.1. The van der Waals surface area contributed by atoms with E-state index in [1.165, 1.54) is 0 Å². The van der Waals surface area contributed by atoms with Crippen molar-refractivity contribution in [2.24, 2.45) is 5.92 Å². The molecule has 0 bridgehead atoms. The zero-order valence-electron chi connectivity index (χ0n) is 12.0. The first kappa shape index (κ1) is 15.1. The van der Waals surface area contributed by atoms with Crippen molar-refractivity contribution in [3.05, 3.63) is 30.3 Å². The summed E-state index contributed by atoms with van der Waals surface area (Å²) in [5, 5.41) is 15.9. The molecule has 7 heteroatoms. The molecule has 0 saturated heterocycles. The number of carbonyl (C=O) groups is 1. The highest BCUT2D eigenvalue weighted by Gasteiger charge is 2.19. The second kappa shape index (κ2) is 6.94. The van der Waals surface area contributed by atoms with Gasteiger partial charge in [0, 0.05) is 6.20 Å². The third kappa shape index (κ3) is 4.35. The zero-order valence-corrected chi connectivity index (χ0v) is 12.0. The van der Waals surface area contributed by atoms with E-state index in [0.29, 0.717) is 23.8 Å². The molecular weight excluding hydrogens is 272 g/mol. The molecule has 1 unspecified atom stereocenters. The minimum Gasteiger partial charge on any atom is -0.480 e. The summed E-state index contributed by atoms with van der Waals surface area (Å²) in [6, 6.07) is 4.78. The average Bonchev–Trinajstić information content (AvgIpc) is 2.92. The van der Waals surface area contributed by atoms with Gasteiger partial charge in [0.15, 0.2) is 0 Å². The van der Waals surface area contributed by atoms with Crippen molar-refractivity contribution in [1.82, 2.24) is 20.4 Å². The summed E-state index contributed by atoms with van der Waals surface area (Å²) in [5.41, 5.74) is 0.615. The van der Waals surface area contributed by atoms with Gasteiger partial charge in [-0.1, -0.05) is 25.1 Å². The summed E-state index contributed by atoms with van der Waals surface area (Å²) < 4.78 is 5.10. The molecule has 0 radical (unpaired) electrons. The Morgan fingerprint density at radius 1 is 1.43 bits per heavy atom. The van der Waals surface area contributed by atoms with E-state index in [9.17, 15) is 4.79 Å². The Morgan fingerprint density at radius 3 is 2.86 bits per heavy atom. The van der Waals surface area contributed by atoms with Crippen LogP contribution in [0.25, 0.3) is 11.5 Å². The highest BCUT2D eigenvalue weighted by Crippen LogP contribution is 2.12. The molecule has 0 amide bonds. The van der Waals surface area contributed by atoms with Crippen LogP contribution in [0, 0.1) is 5.92 Å². The molecule has 0 aliphatic heterocycles. The van der Waals surface area contributed by atoms with E-state index in [1.807, 2.05) is 19.9 Å². The molecule has 21 heavy (non-hydrogen) atoms. The quantitative estimate of drug-likeness (QED) is 0.800. The number of rotatable bonds is 7. The molecular formula is C14H18N4O3. The van der Waals surface area contributed by atoms with E-state index in [4.69, 9.17) is 9.63 Å². The van der Waals surface area contributed by atoms with Gasteiger partial charge < -0.3 is 9.63 Å². The van der Waals surface area contributed by atoms with Crippen LogP contribution in [0.5, 0.6) is 0 Å². The summed E-state index contributed by atoms with van der Waals surface area (Å²) in [5.74, 6) is 0.132. The molecule has 2 rings (SSSR count). The van der Waals surface area contributed by atoms with Crippen LogP contribution in [0.15, 0.2) is 28.9 Å². The number of carboxylic acid groups (broad SMARTS) is 1. The molecule has 0 aliphatic rings. The van der Waals surface area contributed by atoms with Crippen LogP contribution in [-0.4, -0.2) is 32.2 Å². The fourth-order valence-corrected chi connectivity index (χ4v) is 1.88. The molecule has 0 fully saturated rings. The Bertz CT molecular complexity index is 583. The lowest BCUT2D eigenvalue weighted by atomic mass is 10.0. The predicted molar refractivity (Wildman–Crippen MR) is 75.2 cm³/mol. The second-order valence-electron chi connectivity index (χ2n) is 5.13. The molecule has 2 aromatic heterocycles. The van der Waals surface area contributed by atoms with Crippen molar-refractivity contribution in [3.8, 4) is 11.5 Å². The predicted octanol–water partition coefficient (Wildman–Crippen LogP) is 1.72. The van der Waals surface area contributed by atoms with Crippen LogP contribution in [0.2, 0.25) is 0 Å². The first-order valence-corrected chi connectivity index (χ1v) is 6.76. The number of carboxylic acids is 1. The molecule has 1 atom stereocenters. The summed E-state index contributed by atoms with van der Waals surface area (Å²) >= 11 is 0. The monoisotopic (exact) mass is 290 g/mol. The van der Waals surface area contributed by atoms with E-state index in [-0.39, 0.29) is 12.5 Å². The van der Waals surface area contributed by atoms with Crippen molar-refractivity contribution in [3.63, 3.8) is 0 Å². The van der Waals surface area contributed by atoms with Gasteiger partial charge in [-0.15, -0.1) is 0 Å². The lowest BCUT2D eigenvalue weighted by molar-refractivity contribution is -0.140. The minimum atomic E-state index is -0.881. The van der Waals surface area contributed by atoms with Crippen LogP contribution in [0.4, 0.5) is 0 Å². The van der Waals surface area contributed by atoms with Crippen molar-refractivity contribution in [1.29, 1.82) is 0 Å². The Hall–Kier alpha value is -2.28. The van der Waals surface area contributed by atoms with Gasteiger partial charge in [0.25, 0.3) is 0 Å². The summed E-state index contributed by atoms with van der Waals surface area (Å²) in [7, 11) is 0. The van der Waals surface area contributed by atoms with Crippen LogP contribution >= 0.6 is 0 Å². The lowest BCUT2D eigenvalue weighted by Gasteiger charge is -2.14. The maximum absolute atomic E-state index is 11.1. The maximum atomic E-state index is 11.1. The second-order valence-corrected chi connectivity index (χ2v) is 5.13. The zero-order chi connectivity index (χ0) is 15.2. The summed E-state index contributed by atoms with van der Waals surface area (Å²) in [6.07, 6.45) is 2.18. The van der Waals surface area contributed by atoms with Crippen molar-refractivity contribution in [2.75, 3.05) is 0 Å². The van der Waals surface area contributed by atoms with Gasteiger partial charge in [-0.25, -0.2) is 0 Å². The number of aromatic nitrogens is 3. The SMILES string of the molecule is CC(C)CC(NCc1nc(-c2ccccn2)no1)C(=O)O. The third-order valence-corrected chi connectivity index (χ3v) is 2.87. The van der Waals surface area contributed by atoms with Crippen LogP contribution < -0.4 is 5.32 Å². The average molecular weight is 290 g/mol. The third-order valence-electron chi connectivity index (χ3n) is 2.87. The Labute approximate surface area is 122 Å². The van der Waals surface area contributed by atoms with Crippen molar-refractivity contribution in [2.45, 2.75) is 32.9 Å².